The first-order valence-electron chi connectivity index (χ1n) is 11.3. The molecule has 8 nitrogen and oxygen atoms in total. The fraction of sp³-hybridized carbons (Fsp3) is 0.682. The van der Waals surface area contributed by atoms with Gasteiger partial charge in [-0.05, 0) is 69.3 Å². The Morgan fingerprint density at radius 3 is 2.58 bits per heavy atom. The summed E-state index contributed by atoms with van der Waals surface area (Å²) >= 11 is 1.62. The third-order valence-corrected chi connectivity index (χ3v) is 7.64. The Morgan fingerprint density at radius 2 is 1.94 bits per heavy atom. The van der Waals surface area contributed by atoms with Gasteiger partial charge in [-0.1, -0.05) is 0 Å². The average Bonchev–Trinajstić information content (AvgIpc) is 3.62. The SMILES string of the molecule is CCNC(C[C@@H]1CCc2sc(CC(=O)C3CC3)c(C(=O)NCC3CC3)c2C1)=N[N+](=O)[O-]. The number of rotatable bonds is 10. The van der Waals surface area contributed by atoms with Gasteiger partial charge in [-0.2, -0.15) is 0 Å². The molecule has 2 fully saturated rings. The standard InChI is InChI=1S/C22H30N4O4S/c1-2-23-20(25-26(29)30)10-14-5-8-18-16(9-14)21(22(28)24-12-13-3-4-13)19(31-18)11-17(27)15-6-7-15/h13-15H,2-12H2,1H3,(H,23,25)(H,24,28)/t14-/m1/s1. The van der Waals surface area contributed by atoms with E-state index in [2.05, 4.69) is 15.7 Å². The Balaban J connectivity index is 1.54. The van der Waals surface area contributed by atoms with Crippen molar-refractivity contribution in [3.63, 3.8) is 0 Å². The number of nitrogens with one attached hydrogen (secondary N) is 2. The highest BCUT2D eigenvalue weighted by atomic mass is 32.1. The number of Topliss-reactive ketones (excluding diaryl/α,β-unsaturated/α-hetero) is 1. The Morgan fingerprint density at radius 1 is 1.16 bits per heavy atom. The Labute approximate surface area is 186 Å². The van der Waals surface area contributed by atoms with E-state index in [9.17, 15) is 19.7 Å². The Hall–Kier alpha value is -2.29. The maximum Gasteiger partial charge on any atom is 0.252 e. The zero-order valence-corrected chi connectivity index (χ0v) is 18.8. The molecule has 0 bridgehead atoms. The van der Waals surface area contributed by atoms with E-state index in [4.69, 9.17) is 0 Å². The number of aryl methyl sites for hydroxylation is 1. The number of nitro groups is 1. The fourth-order valence-corrected chi connectivity index (χ4v) is 5.71. The second kappa shape index (κ2) is 9.46. The number of amidine groups is 1. The van der Waals surface area contributed by atoms with Crippen LogP contribution in [0.25, 0.3) is 0 Å². The molecule has 1 heterocycles. The molecule has 3 aliphatic carbocycles. The van der Waals surface area contributed by atoms with Gasteiger partial charge in [0.15, 0.2) is 10.9 Å². The predicted molar refractivity (Wildman–Crippen MR) is 119 cm³/mol. The lowest BCUT2D eigenvalue weighted by Crippen LogP contribution is -2.30. The first-order valence-corrected chi connectivity index (χ1v) is 12.2. The molecule has 0 spiro atoms. The van der Waals surface area contributed by atoms with Crippen molar-refractivity contribution in [3.8, 4) is 0 Å². The Kier molecular flexibility index (Phi) is 6.69. The lowest BCUT2D eigenvalue weighted by molar-refractivity contribution is -0.485. The molecule has 0 unspecified atom stereocenters. The summed E-state index contributed by atoms with van der Waals surface area (Å²) in [6.45, 7) is 3.16. The summed E-state index contributed by atoms with van der Waals surface area (Å²) in [7, 11) is 0. The summed E-state index contributed by atoms with van der Waals surface area (Å²) in [6, 6.07) is 0. The molecule has 2 N–H and O–H groups in total. The molecule has 1 aromatic rings. The van der Waals surface area contributed by atoms with Gasteiger partial charge in [0.05, 0.1) is 10.7 Å². The van der Waals surface area contributed by atoms with Crippen LogP contribution < -0.4 is 10.6 Å². The molecule has 0 saturated heterocycles. The average molecular weight is 447 g/mol. The third-order valence-electron chi connectivity index (χ3n) is 6.34. The molecule has 9 heteroatoms. The molecule has 2 saturated carbocycles. The van der Waals surface area contributed by atoms with Crippen molar-refractivity contribution in [2.75, 3.05) is 13.1 Å². The number of carbonyl (C=O) groups is 2. The van der Waals surface area contributed by atoms with Crippen LogP contribution >= 0.6 is 11.3 Å². The number of hydrogen-bond donors (Lipinski definition) is 2. The van der Waals surface area contributed by atoms with Crippen molar-refractivity contribution < 1.29 is 14.6 Å². The molecule has 168 valence electrons. The lowest BCUT2D eigenvalue weighted by atomic mass is 9.83. The highest BCUT2D eigenvalue weighted by Crippen LogP contribution is 2.40. The van der Waals surface area contributed by atoms with E-state index in [1.807, 2.05) is 6.92 Å². The van der Waals surface area contributed by atoms with Gasteiger partial charge in [0.1, 0.15) is 5.78 Å². The molecule has 31 heavy (non-hydrogen) atoms. The minimum atomic E-state index is -0.658. The van der Waals surface area contributed by atoms with Crippen molar-refractivity contribution >= 4 is 28.9 Å². The summed E-state index contributed by atoms with van der Waals surface area (Å²) < 4.78 is 0. The number of amides is 1. The van der Waals surface area contributed by atoms with Crippen LogP contribution in [0.4, 0.5) is 0 Å². The molecular weight excluding hydrogens is 416 g/mol. The van der Waals surface area contributed by atoms with Gasteiger partial charge < -0.3 is 10.6 Å². The van der Waals surface area contributed by atoms with Crippen molar-refractivity contribution in [1.82, 2.24) is 10.6 Å². The maximum absolute atomic E-state index is 13.1. The van der Waals surface area contributed by atoms with Crippen molar-refractivity contribution in [3.05, 3.63) is 31.0 Å². The molecule has 0 aliphatic heterocycles. The second-order valence-corrected chi connectivity index (χ2v) is 10.2. The number of hydrogen-bond acceptors (Lipinski definition) is 5. The van der Waals surface area contributed by atoms with E-state index < -0.39 is 5.03 Å². The van der Waals surface area contributed by atoms with Crippen LogP contribution in [-0.2, 0) is 24.1 Å². The smallest absolute Gasteiger partial charge is 0.252 e. The van der Waals surface area contributed by atoms with Gasteiger partial charge in [-0.15, -0.1) is 11.3 Å². The number of thiophene rings is 1. The van der Waals surface area contributed by atoms with Crippen LogP contribution in [0.15, 0.2) is 5.10 Å². The highest BCUT2D eigenvalue weighted by molar-refractivity contribution is 7.12. The second-order valence-electron chi connectivity index (χ2n) is 9.00. The van der Waals surface area contributed by atoms with Gasteiger partial charge in [-0.25, -0.2) is 10.1 Å². The van der Waals surface area contributed by atoms with Crippen molar-refractivity contribution in [1.29, 1.82) is 0 Å². The van der Waals surface area contributed by atoms with E-state index in [0.29, 0.717) is 49.7 Å². The van der Waals surface area contributed by atoms with E-state index in [1.54, 1.807) is 11.3 Å². The molecule has 1 aromatic heterocycles. The van der Waals surface area contributed by atoms with Crippen LogP contribution in [0, 0.1) is 27.9 Å². The first-order chi connectivity index (χ1) is 14.9. The van der Waals surface area contributed by atoms with Crippen molar-refractivity contribution in [2.45, 2.75) is 64.7 Å². The van der Waals surface area contributed by atoms with E-state index in [0.717, 1.165) is 36.1 Å². The van der Waals surface area contributed by atoms with Gasteiger partial charge in [-0.3, -0.25) is 9.59 Å². The molecule has 1 atom stereocenters. The third kappa shape index (κ3) is 5.70. The Bertz CT molecular complexity index is 902. The quantitative estimate of drug-likeness (QED) is 0.248. The molecular formula is C22H30N4O4S. The zero-order chi connectivity index (χ0) is 22.0. The van der Waals surface area contributed by atoms with Gasteiger partial charge >= 0.3 is 0 Å². The number of ketones is 1. The summed E-state index contributed by atoms with van der Waals surface area (Å²) in [5.74, 6) is 1.52. The minimum absolute atomic E-state index is 0.0606. The number of hydrazone groups is 1. The van der Waals surface area contributed by atoms with Crippen LogP contribution in [0.5, 0.6) is 0 Å². The van der Waals surface area contributed by atoms with Crippen LogP contribution in [0.2, 0.25) is 0 Å². The predicted octanol–water partition coefficient (Wildman–Crippen LogP) is 3.10. The topological polar surface area (TPSA) is 114 Å². The number of carbonyl (C=O) groups excluding carboxylic acids is 2. The van der Waals surface area contributed by atoms with Gasteiger partial charge in [0.2, 0.25) is 0 Å². The molecule has 4 rings (SSSR count). The van der Waals surface area contributed by atoms with Crippen LogP contribution in [-0.4, -0.2) is 35.6 Å². The number of fused-ring (bicyclic) bond motifs is 1. The van der Waals surface area contributed by atoms with Crippen LogP contribution in [0.3, 0.4) is 0 Å². The summed E-state index contributed by atoms with van der Waals surface area (Å²) in [5.41, 5.74) is 1.75. The zero-order valence-electron chi connectivity index (χ0n) is 17.9. The number of nitrogens with zero attached hydrogens (tertiary/aromatic N) is 2. The molecule has 0 radical (unpaired) electrons. The van der Waals surface area contributed by atoms with Gasteiger partial charge in [0, 0.05) is 41.6 Å². The van der Waals surface area contributed by atoms with E-state index in [-0.39, 0.29) is 23.5 Å². The molecule has 0 aromatic carbocycles. The summed E-state index contributed by atoms with van der Waals surface area (Å²) in [6.07, 6.45) is 7.54. The minimum Gasteiger partial charge on any atom is -0.369 e. The molecule has 3 aliphatic rings. The van der Waals surface area contributed by atoms with E-state index in [1.165, 1.54) is 17.7 Å². The first kappa shape index (κ1) is 21.9. The van der Waals surface area contributed by atoms with Crippen molar-refractivity contribution in [2.24, 2.45) is 22.9 Å². The lowest BCUT2D eigenvalue weighted by Gasteiger charge is -2.23. The largest absolute Gasteiger partial charge is 0.369 e. The summed E-state index contributed by atoms with van der Waals surface area (Å²) in [5, 5.41) is 19.8. The fourth-order valence-electron chi connectivity index (χ4n) is 4.35. The normalized spacial score (nSPS) is 20.8. The summed E-state index contributed by atoms with van der Waals surface area (Å²) in [4.78, 5) is 38.6. The van der Waals surface area contributed by atoms with E-state index >= 15 is 0 Å². The highest BCUT2D eigenvalue weighted by Gasteiger charge is 2.34. The maximum atomic E-state index is 13.1. The molecule has 1 amide bonds. The van der Waals surface area contributed by atoms with Gasteiger partial charge in [0.25, 0.3) is 5.91 Å². The van der Waals surface area contributed by atoms with Crippen LogP contribution in [0.1, 0.15) is 71.1 Å². The monoisotopic (exact) mass is 446 g/mol.